The van der Waals surface area contributed by atoms with Gasteiger partial charge >= 0.3 is 6.03 Å². The van der Waals surface area contributed by atoms with Crippen LogP contribution in [0.5, 0.6) is 5.75 Å². The van der Waals surface area contributed by atoms with Crippen LogP contribution in [-0.4, -0.2) is 17.8 Å². The summed E-state index contributed by atoms with van der Waals surface area (Å²) in [5.74, 6) is -1.04. The number of rotatable bonds is 5. The molecule has 1 aliphatic rings. The number of hydrogen-bond donors (Lipinski definition) is 1. The predicted molar refractivity (Wildman–Crippen MR) is 140 cm³/mol. The molecule has 1 fully saturated rings. The number of nitrogens with zero attached hydrogens (tertiary/aromatic N) is 1. The van der Waals surface area contributed by atoms with E-state index in [4.69, 9.17) is 16.3 Å². The van der Waals surface area contributed by atoms with Crippen molar-refractivity contribution in [2.24, 2.45) is 0 Å². The summed E-state index contributed by atoms with van der Waals surface area (Å²) in [7, 11) is 0. The molecular weight excluding hydrogens is 532 g/mol. The Morgan fingerprint density at radius 2 is 1.69 bits per heavy atom. The average Bonchev–Trinajstić information content (AvgIpc) is 2.75. The van der Waals surface area contributed by atoms with Crippen LogP contribution < -0.4 is 15.0 Å². The summed E-state index contributed by atoms with van der Waals surface area (Å²) in [6.07, 6.45) is 1.40. The van der Waals surface area contributed by atoms with E-state index in [1.165, 1.54) is 6.08 Å². The Morgan fingerprint density at radius 3 is 2.34 bits per heavy atom. The van der Waals surface area contributed by atoms with Gasteiger partial charge in [0.1, 0.15) is 12.2 Å². The van der Waals surface area contributed by atoms with E-state index in [0.717, 1.165) is 27.2 Å². The van der Waals surface area contributed by atoms with Gasteiger partial charge in [0.15, 0.2) is 5.75 Å². The van der Waals surface area contributed by atoms with Crippen molar-refractivity contribution in [1.82, 2.24) is 5.32 Å². The van der Waals surface area contributed by atoms with Gasteiger partial charge in [0.2, 0.25) is 0 Å². The Labute approximate surface area is 216 Å². The number of aryl methyl sites for hydroxylation is 3. The molecule has 4 amide bonds. The highest BCUT2D eigenvalue weighted by atomic mass is 79.9. The fourth-order valence-corrected chi connectivity index (χ4v) is 4.89. The number of benzene rings is 3. The quantitative estimate of drug-likeness (QED) is 0.298. The lowest BCUT2D eigenvalue weighted by molar-refractivity contribution is -0.122. The first-order chi connectivity index (χ1) is 16.6. The standard InChI is InChI=1S/C27H22BrClN2O4/c1-15-5-4-6-18(8-15)14-35-24-22(28)12-19(13-23(24)29)11-21-25(32)30-27(34)31(26(21)33)20-9-16(2)7-17(3)10-20/h4-13H,14H2,1-3H3,(H,30,32,34)/b21-11+. The molecule has 3 aromatic carbocycles. The second-order valence-electron chi connectivity index (χ2n) is 8.40. The lowest BCUT2D eigenvalue weighted by atomic mass is 10.1. The van der Waals surface area contributed by atoms with E-state index < -0.39 is 17.8 Å². The number of barbiturate groups is 1. The van der Waals surface area contributed by atoms with Crippen LogP contribution >= 0.6 is 27.5 Å². The molecule has 0 saturated carbocycles. The fourth-order valence-electron chi connectivity index (χ4n) is 3.90. The van der Waals surface area contributed by atoms with Crippen LogP contribution in [0.2, 0.25) is 5.02 Å². The minimum absolute atomic E-state index is 0.180. The minimum Gasteiger partial charge on any atom is -0.486 e. The molecule has 0 unspecified atom stereocenters. The molecule has 4 rings (SSSR count). The van der Waals surface area contributed by atoms with E-state index >= 15 is 0 Å². The SMILES string of the molecule is Cc1cccc(COc2c(Cl)cc(/C=C3\C(=O)NC(=O)N(c4cc(C)cc(C)c4)C3=O)cc2Br)c1. The fraction of sp³-hybridized carbons (Fsp3) is 0.148. The molecule has 0 spiro atoms. The summed E-state index contributed by atoms with van der Waals surface area (Å²) in [6, 6.07) is 15.8. The second-order valence-corrected chi connectivity index (χ2v) is 9.66. The molecule has 35 heavy (non-hydrogen) atoms. The second kappa shape index (κ2) is 10.1. The maximum absolute atomic E-state index is 13.2. The maximum Gasteiger partial charge on any atom is 0.335 e. The summed E-state index contributed by atoms with van der Waals surface area (Å²) in [5.41, 5.74) is 4.61. The molecule has 178 valence electrons. The number of hydrogen-bond acceptors (Lipinski definition) is 4. The molecule has 1 heterocycles. The van der Waals surface area contributed by atoms with Gasteiger partial charge in [0, 0.05) is 0 Å². The highest BCUT2D eigenvalue weighted by molar-refractivity contribution is 9.10. The van der Waals surface area contributed by atoms with Crippen molar-refractivity contribution in [3.8, 4) is 5.75 Å². The normalized spacial score (nSPS) is 14.9. The smallest absolute Gasteiger partial charge is 0.335 e. The van der Waals surface area contributed by atoms with Crippen LogP contribution in [-0.2, 0) is 16.2 Å². The molecule has 0 aromatic heterocycles. The zero-order chi connectivity index (χ0) is 25.3. The number of halogens is 2. The number of ether oxygens (including phenoxy) is 1. The zero-order valence-electron chi connectivity index (χ0n) is 19.3. The molecule has 6 nitrogen and oxygen atoms in total. The number of nitrogens with one attached hydrogen (secondary N) is 1. The van der Waals surface area contributed by atoms with Crippen molar-refractivity contribution < 1.29 is 19.1 Å². The number of urea groups is 1. The monoisotopic (exact) mass is 552 g/mol. The molecule has 0 bridgehead atoms. The van der Waals surface area contributed by atoms with E-state index in [9.17, 15) is 14.4 Å². The molecular formula is C27H22BrClN2O4. The Balaban J connectivity index is 1.62. The van der Waals surface area contributed by atoms with Gasteiger partial charge in [-0.1, -0.05) is 47.5 Å². The Kier molecular flexibility index (Phi) is 7.10. The minimum atomic E-state index is -0.791. The largest absolute Gasteiger partial charge is 0.486 e. The number of carbonyl (C=O) groups is 3. The van der Waals surface area contributed by atoms with Crippen LogP contribution in [0.25, 0.3) is 6.08 Å². The maximum atomic E-state index is 13.2. The Bertz CT molecular complexity index is 1360. The van der Waals surface area contributed by atoms with Gasteiger partial charge < -0.3 is 4.74 Å². The molecule has 1 N–H and O–H groups in total. The topological polar surface area (TPSA) is 75.7 Å². The van der Waals surface area contributed by atoms with Crippen molar-refractivity contribution in [1.29, 1.82) is 0 Å². The summed E-state index contributed by atoms with van der Waals surface area (Å²) in [4.78, 5) is 39.2. The first-order valence-electron chi connectivity index (χ1n) is 10.8. The number of carbonyl (C=O) groups excluding carboxylic acids is 3. The van der Waals surface area contributed by atoms with E-state index in [2.05, 4.69) is 21.2 Å². The molecule has 0 aliphatic carbocycles. The van der Waals surface area contributed by atoms with E-state index in [0.29, 0.717) is 33.1 Å². The summed E-state index contributed by atoms with van der Waals surface area (Å²) < 4.78 is 6.47. The van der Waals surface area contributed by atoms with E-state index in [1.54, 1.807) is 24.3 Å². The first kappa shape index (κ1) is 24.7. The van der Waals surface area contributed by atoms with Gasteiger partial charge in [0.05, 0.1) is 15.2 Å². The van der Waals surface area contributed by atoms with Crippen LogP contribution in [0.3, 0.4) is 0 Å². The van der Waals surface area contributed by atoms with E-state index in [1.807, 2.05) is 51.1 Å². The van der Waals surface area contributed by atoms with Crippen LogP contribution in [0, 0.1) is 20.8 Å². The lowest BCUT2D eigenvalue weighted by Crippen LogP contribution is -2.54. The summed E-state index contributed by atoms with van der Waals surface area (Å²) in [5, 5.41) is 2.55. The molecule has 3 aromatic rings. The summed E-state index contributed by atoms with van der Waals surface area (Å²) in [6.45, 7) is 6.07. The number of anilines is 1. The lowest BCUT2D eigenvalue weighted by Gasteiger charge is -2.27. The van der Waals surface area contributed by atoms with Crippen LogP contribution in [0.4, 0.5) is 10.5 Å². The Hall–Kier alpha value is -3.42. The van der Waals surface area contributed by atoms with Crippen molar-refractivity contribution in [3.05, 3.63) is 97.5 Å². The predicted octanol–water partition coefficient (Wildman–Crippen LogP) is 6.27. The van der Waals surface area contributed by atoms with E-state index in [-0.39, 0.29) is 5.57 Å². The third kappa shape index (κ3) is 5.47. The molecule has 1 aliphatic heterocycles. The van der Waals surface area contributed by atoms with Gasteiger partial charge in [0.25, 0.3) is 11.8 Å². The van der Waals surface area contributed by atoms with Gasteiger partial charge in [-0.05, 0) is 89.3 Å². The first-order valence-corrected chi connectivity index (χ1v) is 12.0. The zero-order valence-corrected chi connectivity index (χ0v) is 21.7. The van der Waals surface area contributed by atoms with Crippen molar-refractivity contribution in [2.75, 3.05) is 4.90 Å². The summed E-state index contributed by atoms with van der Waals surface area (Å²) >= 11 is 9.94. The molecule has 0 radical (unpaired) electrons. The Morgan fingerprint density at radius 1 is 0.971 bits per heavy atom. The van der Waals surface area contributed by atoms with Crippen LogP contribution in [0.15, 0.2) is 64.6 Å². The highest BCUT2D eigenvalue weighted by Crippen LogP contribution is 2.36. The highest BCUT2D eigenvalue weighted by Gasteiger charge is 2.37. The van der Waals surface area contributed by atoms with Gasteiger partial charge in [-0.3, -0.25) is 14.9 Å². The van der Waals surface area contributed by atoms with Crippen molar-refractivity contribution >= 4 is 57.1 Å². The molecule has 1 saturated heterocycles. The average molecular weight is 554 g/mol. The van der Waals surface area contributed by atoms with Gasteiger partial charge in [-0.15, -0.1) is 0 Å². The number of imide groups is 2. The molecule has 8 heteroatoms. The van der Waals surface area contributed by atoms with Gasteiger partial charge in [-0.25, -0.2) is 9.69 Å². The third-order valence-electron chi connectivity index (χ3n) is 5.36. The third-order valence-corrected chi connectivity index (χ3v) is 6.23. The van der Waals surface area contributed by atoms with Crippen molar-refractivity contribution in [3.63, 3.8) is 0 Å². The van der Waals surface area contributed by atoms with Crippen LogP contribution in [0.1, 0.15) is 27.8 Å². The van der Waals surface area contributed by atoms with Gasteiger partial charge in [-0.2, -0.15) is 0 Å². The molecule has 0 atom stereocenters. The number of amides is 4. The van der Waals surface area contributed by atoms with Crippen molar-refractivity contribution in [2.45, 2.75) is 27.4 Å².